The number of benzene rings is 2. The number of nitrogens with zero attached hydrogens (tertiary/aromatic N) is 1. The van der Waals surface area contributed by atoms with Crippen molar-refractivity contribution in [2.24, 2.45) is 0 Å². The van der Waals surface area contributed by atoms with Crippen LogP contribution in [0.3, 0.4) is 0 Å². The Morgan fingerprint density at radius 2 is 2.11 bits per heavy atom. The Hall–Kier alpha value is -2.24. The molecule has 2 aromatic carbocycles. The van der Waals surface area contributed by atoms with Gasteiger partial charge in [0.1, 0.15) is 5.75 Å². The van der Waals surface area contributed by atoms with Crippen molar-refractivity contribution >= 4 is 23.3 Å². The van der Waals surface area contributed by atoms with Crippen molar-refractivity contribution in [3.8, 4) is 5.75 Å². The number of rotatable bonds is 8. The maximum Gasteiger partial charge on any atom is 0.344 e. The lowest BCUT2D eigenvalue weighted by Crippen LogP contribution is -2.41. The standard InChI is InChI=1S/C22H26ClNO4/c1-2-27-22(26)15-28-21-9-7-16-6-8-20(12-17(16)13-21)24(10-11-25)19-5-3-4-18(23)14-19/h3-5,7,9,13-14,20,25H,2,6,8,10-12,15H2,1H3/t20-/m0/s1. The lowest BCUT2D eigenvalue weighted by atomic mass is 9.87. The summed E-state index contributed by atoms with van der Waals surface area (Å²) in [6.07, 6.45) is 2.81. The van der Waals surface area contributed by atoms with Gasteiger partial charge in [-0.15, -0.1) is 0 Å². The highest BCUT2D eigenvalue weighted by Crippen LogP contribution is 2.31. The Balaban J connectivity index is 1.74. The minimum atomic E-state index is -0.367. The van der Waals surface area contributed by atoms with Gasteiger partial charge in [-0.2, -0.15) is 0 Å². The predicted octanol–water partition coefficient (Wildman–Crippen LogP) is 3.64. The third kappa shape index (κ3) is 5.18. The third-order valence-electron chi connectivity index (χ3n) is 4.96. The molecule has 0 aliphatic heterocycles. The molecular weight excluding hydrogens is 378 g/mol. The number of carbonyl (C=O) groups excluding carboxylic acids is 1. The zero-order valence-corrected chi connectivity index (χ0v) is 16.8. The summed E-state index contributed by atoms with van der Waals surface area (Å²) in [5, 5.41) is 10.3. The molecule has 0 saturated carbocycles. The zero-order chi connectivity index (χ0) is 19.9. The lowest BCUT2D eigenvalue weighted by molar-refractivity contribution is -0.145. The van der Waals surface area contributed by atoms with E-state index in [0.29, 0.717) is 23.9 Å². The fraction of sp³-hybridized carbons (Fsp3) is 0.409. The summed E-state index contributed by atoms with van der Waals surface area (Å²) in [4.78, 5) is 13.7. The van der Waals surface area contributed by atoms with Gasteiger partial charge < -0.3 is 19.5 Å². The van der Waals surface area contributed by atoms with Crippen molar-refractivity contribution in [3.63, 3.8) is 0 Å². The number of fused-ring (bicyclic) bond motifs is 1. The SMILES string of the molecule is CCOC(=O)COc1ccc2c(c1)C[C@@H](N(CCO)c1cccc(Cl)c1)CC2. The Kier molecular flexibility index (Phi) is 7.18. The van der Waals surface area contributed by atoms with E-state index in [4.69, 9.17) is 21.1 Å². The summed E-state index contributed by atoms with van der Waals surface area (Å²) in [6.45, 7) is 2.67. The Morgan fingerprint density at radius 3 is 2.86 bits per heavy atom. The summed E-state index contributed by atoms with van der Waals surface area (Å²) >= 11 is 6.17. The highest BCUT2D eigenvalue weighted by molar-refractivity contribution is 6.30. The molecule has 5 nitrogen and oxygen atoms in total. The molecule has 2 aromatic rings. The third-order valence-corrected chi connectivity index (χ3v) is 5.20. The monoisotopic (exact) mass is 403 g/mol. The molecule has 0 aromatic heterocycles. The zero-order valence-electron chi connectivity index (χ0n) is 16.1. The van der Waals surface area contributed by atoms with Crippen molar-refractivity contribution in [1.82, 2.24) is 0 Å². The van der Waals surface area contributed by atoms with E-state index < -0.39 is 0 Å². The highest BCUT2D eigenvalue weighted by atomic mass is 35.5. The first kappa shape index (κ1) is 20.5. The quantitative estimate of drug-likeness (QED) is 0.682. The molecule has 0 radical (unpaired) electrons. The number of esters is 1. The van der Waals surface area contributed by atoms with Gasteiger partial charge in [0.25, 0.3) is 0 Å². The number of aliphatic hydroxyl groups excluding tert-OH is 1. The Labute approximate surface area is 170 Å². The summed E-state index contributed by atoms with van der Waals surface area (Å²) < 4.78 is 10.5. The van der Waals surface area contributed by atoms with Crippen LogP contribution in [0.2, 0.25) is 5.02 Å². The molecule has 0 fully saturated rings. The van der Waals surface area contributed by atoms with Crippen LogP contribution in [0, 0.1) is 0 Å². The van der Waals surface area contributed by atoms with Crippen LogP contribution < -0.4 is 9.64 Å². The fourth-order valence-corrected chi connectivity index (χ4v) is 3.88. The van der Waals surface area contributed by atoms with Crippen LogP contribution in [0.5, 0.6) is 5.75 Å². The molecule has 1 aliphatic carbocycles. The number of anilines is 1. The highest BCUT2D eigenvalue weighted by Gasteiger charge is 2.25. The molecular formula is C22H26ClNO4. The van der Waals surface area contributed by atoms with Gasteiger partial charge >= 0.3 is 5.97 Å². The first-order valence-corrected chi connectivity index (χ1v) is 10.0. The molecule has 0 spiro atoms. The second-order valence-electron chi connectivity index (χ2n) is 6.82. The van der Waals surface area contributed by atoms with Gasteiger partial charge in [0.15, 0.2) is 6.61 Å². The van der Waals surface area contributed by atoms with Crippen molar-refractivity contribution in [3.05, 3.63) is 58.6 Å². The van der Waals surface area contributed by atoms with Gasteiger partial charge in [-0.3, -0.25) is 0 Å². The average Bonchev–Trinajstić information content (AvgIpc) is 2.70. The van der Waals surface area contributed by atoms with Gasteiger partial charge in [0.05, 0.1) is 13.2 Å². The molecule has 3 rings (SSSR count). The van der Waals surface area contributed by atoms with Crippen molar-refractivity contribution in [2.45, 2.75) is 32.2 Å². The molecule has 0 heterocycles. The number of aliphatic hydroxyl groups is 1. The van der Waals surface area contributed by atoms with Gasteiger partial charge in [-0.05, 0) is 67.6 Å². The minimum Gasteiger partial charge on any atom is -0.482 e. The van der Waals surface area contributed by atoms with E-state index in [0.717, 1.165) is 24.9 Å². The van der Waals surface area contributed by atoms with Crippen molar-refractivity contribution in [1.29, 1.82) is 0 Å². The summed E-state index contributed by atoms with van der Waals surface area (Å²) in [7, 11) is 0. The molecule has 0 saturated heterocycles. The number of ether oxygens (including phenoxy) is 2. The van der Waals surface area contributed by atoms with Crippen molar-refractivity contribution in [2.75, 3.05) is 31.3 Å². The average molecular weight is 404 g/mol. The maximum absolute atomic E-state index is 11.5. The first-order chi connectivity index (χ1) is 13.6. The molecule has 1 N–H and O–H groups in total. The second kappa shape index (κ2) is 9.80. The normalized spacial score (nSPS) is 15.6. The molecule has 1 aliphatic rings. The van der Waals surface area contributed by atoms with E-state index in [1.54, 1.807) is 6.92 Å². The Morgan fingerprint density at radius 1 is 1.25 bits per heavy atom. The summed E-state index contributed by atoms with van der Waals surface area (Å²) in [6, 6.07) is 14.0. The predicted molar refractivity (Wildman–Crippen MR) is 110 cm³/mol. The van der Waals surface area contributed by atoms with Crippen LogP contribution in [-0.2, 0) is 22.4 Å². The number of hydrogen-bond donors (Lipinski definition) is 1. The second-order valence-corrected chi connectivity index (χ2v) is 7.25. The van der Waals surface area contributed by atoms with E-state index in [-0.39, 0.29) is 25.2 Å². The van der Waals surface area contributed by atoms with E-state index in [1.165, 1.54) is 11.1 Å². The van der Waals surface area contributed by atoms with E-state index in [9.17, 15) is 9.90 Å². The van der Waals surface area contributed by atoms with Crippen molar-refractivity contribution < 1.29 is 19.4 Å². The molecule has 28 heavy (non-hydrogen) atoms. The fourth-order valence-electron chi connectivity index (χ4n) is 3.70. The van der Waals surface area contributed by atoms with Crippen LogP contribution in [0.4, 0.5) is 5.69 Å². The minimum absolute atomic E-state index is 0.0819. The maximum atomic E-state index is 11.5. The first-order valence-electron chi connectivity index (χ1n) is 9.64. The molecule has 1 atom stereocenters. The van der Waals surface area contributed by atoms with E-state index in [2.05, 4.69) is 11.0 Å². The summed E-state index contributed by atoms with van der Waals surface area (Å²) in [5.41, 5.74) is 3.53. The van der Waals surface area contributed by atoms with Crippen LogP contribution in [0.1, 0.15) is 24.5 Å². The van der Waals surface area contributed by atoms with E-state index >= 15 is 0 Å². The number of hydrogen-bond acceptors (Lipinski definition) is 5. The lowest BCUT2D eigenvalue weighted by Gasteiger charge is -2.37. The smallest absolute Gasteiger partial charge is 0.344 e. The van der Waals surface area contributed by atoms with E-state index in [1.807, 2.05) is 36.4 Å². The number of carbonyl (C=O) groups is 1. The molecule has 0 bridgehead atoms. The number of halogens is 1. The molecule has 6 heteroatoms. The van der Waals surface area contributed by atoms with Gasteiger partial charge in [0, 0.05) is 23.3 Å². The van der Waals surface area contributed by atoms with Gasteiger partial charge in [-0.25, -0.2) is 4.79 Å². The topological polar surface area (TPSA) is 59.0 Å². The van der Waals surface area contributed by atoms with Crippen LogP contribution >= 0.6 is 11.6 Å². The number of aryl methyl sites for hydroxylation is 1. The van der Waals surface area contributed by atoms with Crippen LogP contribution in [0.15, 0.2) is 42.5 Å². The summed E-state index contributed by atoms with van der Waals surface area (Å²) in [5.74, 6) is 0.303. The Bertz CT molecular complexity index is 811. The molecule has 150 valence electrons. The largest absolute Gasteiger partial charge is 0.482 e. The van der Waals surface area contributed by atoms with Gasteiger partial charge in [0.2, 0.25) is 0 Å². The van der Waals surface area contributed by atoms with Crippen LogP contribution in [0.25, 0.3) is 0 Å². The molecule has 0 unspecified atom stereocenters. The van der Waals surface area contributed by atoms with Crippen LogP contribution in [-0.4, -0.2) is 43.5 Å². The van der Waals surface area contributed by atoms with Gasteiger partial charge in [-0.1, -0.05) is 23.7 Å². The molecule has 0 amide bonds.